The average molecular weight is 286 g/mol. The van der Waals surface area contributed by atoms with Gasteiger partial charge in [0.25, 0.3) is 0 Å². The summed E-state index contributed by atoms with van der Waals surface area (Å²) in [5, 5.41) is 3.35. The molecule has 2 aromatic rings. The Morgan fingerprint density at radius 3 is 2.75 bits per heavy atom. The molecule has 0 aliphatic heterocycles. The minimum absolute atomic E-state index is 0.331. The molecule has 1 aliphatic rings. The van der Waals surface area contributed by atoms with Gasteiger partial charge in [0.1, 0.15) is 0 Å². The zero-order chi connectivity index (χ0) is 13.9. The van der Waals surface area contributed by atoms with E-state index in [4.69, 9.17) is 5.73 Å². The van der Waals surface area contributed by atoms with E-state index in [-0.39, 0.29) is 0 Å². The van der Waals surface area contributed by atoms with Crippen molar-refractivity contribution in [3.8, 4) is 0 Å². The highest BCUT2D eigenvalue weighted by Gasteiger charge is 2.29. The first kappa shape index (κ1) is 13.8. The molecular formula is C17H22N2S. The molecule has 3 heteroatoms. The normalized spacial score (nSPS) is 26.6. The zero-order valence-corrected chi connectivity index (χ0v) is 12.8. The molecule has 1 aromatic heterocycles. The van der Waals surface area contributed by atoms with Crippen molar-refractivity contribution in [2.75, 3.05) is 0 Å². The van der Waals surface area contributed by atoms with Gasteiger partial charge >= 0.3 is 0 Å². The second-order valence-corrected chi connectivity index (χ2v) is 6.97. The van der Waals surface area contributed by atoms with Crippen LogP contribution in [0.25, 0.3) is 0 Å². The van der Waals surface area contributed by atoms with E-state index in [2.05, 4.69) is 47.6 Å². The third-order valence-electron chi connectivity index (χ3n) is 4.45. The fourth-order valence-electron chi connectivity index (χ4n) is 3.32. The average Bonchev–Trinajstić information content (AvgIpc) is 2.88. The Hall–Kier alpha value is -1.19. The van der Waals surface area contributed by atoms with Crippen molar-refractivity contribution in [2.45, 2.75) is 44.6 Å². The summed E-state index contributed by atoms with van der Waals surface area (Å²) < 4.78 is 0. The maximum Gasteiger partial charge on any atom is 0.0897 e. The second kappa shape index (κ2) is 6.06. The fraction of sp³-hybridized carbons (Fsp3) is 0.471. The number of aryl methyl sites for hydroxylation is 1. The molecular weight excluding hydrogens is 264 g/mol. The van der Waals surface area contributed by atoms with Gasteiger partial charge in [-0.2, -0.15) is 0 Å². The highest BCUT2D eigenvalue weighted by Crippen LogP contribution is 2.37. The number of hydrogen-bond donors (Lipinski definition) is 1. The molecule has 0 spiro atoms. The lowest BCUT2D eigenvalue weighted by molar-refractivity contribution is 0.276. The van der Waals surface area contributed by atoms with Gasteiger partial charge in [-0.05, 0) is 50.0 Å². The van der Waals surface area contributed by atoms with Gasteiger partial charge in [0.15, 0.2) is 0 Å². The molecule has 1 fully saturated rings. The summed E-state index contributed by atoms with van der Waals surface area (Å²) in [5.41, 5.74) is 9.04. The van der Waals surface area contributed by atoms with Crippen LogP contribution in [-0.4, -0.2) is 11.0 Å². The topological polar surface area (TPSA) is 38.9 Å². The minimum atomic E-state index is 0.331. The van der Waals surface area contributed by atoms with Gasteiger partial charge in [-0.3, -0.25) is 0 Å². The summed E-state index contributed by atoms with van der Waals surface area (Å²) in [6.45, 7) is 2.07. The Balaban J connectivity index is 1.70. The molecule has 1 aliphatic carbocycles. The molecule has 1 saturated carbocycles. The largest absolute Gasteiger partial charge is 0.327 e. The Morgan fingerprint density at radius 1 is 1.25 bits per heavy atom. The highest BCUT2D eigenvalue weighted by atomic mass is 32.1. The molecule has 106 valence electrons. The third kappa shape index (κ3) is 3.10. The Bertz CT molecular complexity index is 549. The van der Waals surface area contributed by atoms with Crippen LogP contribution in [-0.2, 0) is 6.42 Å². The molecule has 3 atom stereocenters. The van der Waals surface area contributed by atoms with Gasteiger partial charge in [0.05, 0.1) is 10.7 Å². The molecule has 3 rings (SSSR count). The molecule has 1 aromatic carbocycles. The Labute approximate surface area is 125 Å². The first-order valence-electron chi connectivity index (χ1n) is 7.44. The van der Waals surface area contributed by atoms with Gasteiger partial charge in [0, 0.05) is 11.4 Å². The van der Waals surface area contributed by atoms with Crippen LogP contribution in [0.2, 0.25) is 0 Å². The fourth-order valence-corrected chi connectivity index (χ4v) is 3.95. The number of rotatable bonds is 3. The number of benzene rings is 1. The van der Waals surface area contributed by atoms with Gasteiger partial charge in [-0.25, -0.2) is 4.98 Å². The van der Waals surface area contributed by atoms with Crippen LogP contribution >= 0.6 is 11.3 Å². The first-order valence-corrected chi connectivity index (χ1v) is 8.32. The van der Waals surface area contributed by atoms with Crippen LogP contribution in [0.3, 0.4) is 0 Å². The lowest BCUT2D eigenvalue weighted by Gasteiger charge is -2.34. The predicted molar refractivity (Wildman–Crippen MR) is 85.1 cm³/mol. The number of aromatic nitrogens is 1. The second-order valence-electron chi connectivity index (χ2n) is 5.91. The summed E-state index contributed by atoms with van der Waals surface area (Å²) in [6, 6.07) is 11.2. The molecule has 0 radical (unpaired) electrons. The minimum Gasteiger partial charge on any atom is -0.327 e. The summed E-state index contributed by atoms with van der Waals surface area (Å²) in [7, 11) is 0. The number of nitrogens with two attached hydrogens (primary N) is 1. The molecule has 3 unspecified atom stereocenters. The zero-order valence-electron chi connectivity index (χ0n) is 12.0. The van der Waals surface area contributed by atoms with E-state index >= 15 is 0 Å². The molecule has 20 heavy (non-hydrogen) atoms. The van der Waals surface area contributed by atoms with E-state index in [1.54, 1.807) is 11.3 Å². The predicted octanol–water partition coefficient (Wildman–Crippen LogP) is 3.91. The molecule has 2 N–H and O–H groups in total. The van der Waals surface area contributed by atoms with E-state index in [9.17, 15) is 0 Å². The molecule has 2 nitrogen and oxygen atoms in total. The maximum atomic E-state index is 6.35. The lowest BCUT2D eigenvalue weighted by Crippen LogP contribution is -2.36. The third-order valence-corrected chi connectivity index (χ3v) is 5.27. The summed E-state index contributed by atoms with van der Waals surface area (Å²) in [6.07, 6.45) is 4.59. The number of nitrogens with zero attached hydrogens (tertiary/aromatic N) is 1. The Kier molecular flexibility index (Phi) is 4.18. The quantitative estimate of drug-likeness (QED) is 0.929. The summed E-state index contributed by atoms with van der Waals surface area (Å²) in [5.74, 6) is 1.23. The van der Waals surface area contributed by atoms with Crippen molar-refractivity contribution in [2.24, 2.45) is 11.7 Å². The molecule has 0 saturated heterocycles. The van der Waals surface area contributed by atoms with E-state index in [0.29, 0.717) is 17.9 Å². The van der Waals surface area contributed by atoms with Gasteiger partial charge in [0.2, 0.25) is 0 Å². The van der Waals surface area contributed by atoms with Crippen LogP contribution in [0.4, 0.5) is 0 Å². The maximum absolute atomic E-state index is 6.35. The summed E-state index contributed by atoms with van der Waals surface area (Å²) >= 11 is 1.74. The summed E-state index contributed by atoms with van der Waals surface area (Å²) in [4.78, 5) is 4.60. The molecule has 0 amide bonds. The lowest BCUT2D eigenvalue weighted by atomic mass is 9.74. The number of thiazole rings is 1. The Morgan fingerprint density at radius 2 is 2.05 bits per heavy atom. The first-order chi connectivity index (χ1) is 9.72. The van der Waals surface area contributed by atoms with Gasteiger partial charge in [-0.15, -0.1) is 11.3 Å². The SMILES string of the molecule is Cc1nc(CC2CC(c3ccccc3)CCC2N)cs1. The van der Waals surface area contributed by atoms with Crippen molar-refractivity contribution in [1.29, 1.82) is 0 Å². The van der Waals surface area contributed by atoms with Crippen LogP contribution in [0.15, 0.2) is 35.7 Å². The van der Waals surface area contributed by atoms with Crippen molar-refractivity contribution in [3.05, 3.63) is 52.0 Å². The van der Waals surface area contributed by atoms with Crippen LogP contribution < -0.4 is 5.73 Å². The highest BCUT2D eigenvalue weighted by molar-refractivity contribution is 7.09. The van der Waals surface area contributed by atoms with Crippen molar-refractivity contribution in [1.82, 2.24) is 4.98 Å². The van der Waals surface area contributed by atoms with E-state index < -0.39 is 0 Å². The molecule has 0 bridgehead atoms. The van der Waals surface area contributed by atoms with Crippen LogP contribution in [0.5, 0.6) is 0 Å². The van der Waals surface area contributed by atoms with Crippen LogP contribution in [0.1, 0.15) is 41.4 Å². The standard InChI is InChI=1S/C17H22N2S/c1-12-19-16(11-20-12)10-15-9-14(7-8-17(15)18)13-5-3-2-4-6-13/h2-6,11,14-15,17H,7-10,18H2,1H3. The van der Waals surface area contributed by atoms with Crippen LogP contribution in [0, 0.1) is 12.8 Å². The monoisotopic (exact) mass is 286 g/mol. The van der Waals surface area contributed by atoms with Crippen molar-refractivity contribution >= 4 is 11.3 Å². The van der Waals surface area contributed by atoms with E-state index in [0.717, 1.165) is 17.8 Å². The van der Waals surface area contributed by atoms with E-state index in [1.165, 1.54) is 24.1 Å². The molecule has 1 heterocycles. The van der Waals surface area contributed by atoms with Crippen molar-refractivity contribution < 1.29 is 0 Å². The van der Waals surface area contributed by atoms with Crippen molar-refractivity contribution in [3.63, 3.8) is 0 Å². The number of hydrogen-bond acceptors (Lipinski definition) is 3. The van der Waals surface area contributed by atoms with Gasteiger partial charge < -0.3 is 5.73 Å². The van der Waals surface area contributed by atoms with Gasteiger partial charge in [-0.1, -0.05) is 30.3 Å². The van der Waals surface area contributed by atoms with E-state index in [1.807, 2.05) is 0 Å². The smallest absolute Gasteiger partial charge is 0.0897 e.